The molecular weight excluding hydrogens is 304 g/mol. The van der Waals surface area contributed by atoms with Crippen LogP contribution in [0.5, 0.6) is 0 Å². The van der Waals surface area contributed by atoms with Gasteiger partial charge in [-0.25, -0.2) is 0 Å². The van der Waals surface area contributed by atoms with Crippen LogP contribution in [0, 0.1) is 0 Å². The lowest BCUT2D eigenvalue weighted by Gasteiger charge is -2.12. The van der Waals surface area contributed by atoms with Crippen LogP contribution in [0.4, 0.5) is 5.82 Å². The number of nitrogens with two attached hydrogens (primary N) is 1. The van der Waals surface area contributed by atoms with E-state index in [-0.39, 0.29) is 0 Å². The smallest absolute Gasteiger partial charge is 0.148 e. The van der Waals surface area contributed by atoms with Crippen molar-refractivity contribution < 1.29 is 0 Å². The van der Waals surface area contributed by atoms with Gasteiger partial charge in [-0.2, -0.15) is 0 Å². The summed E-state index contributed by atoms with van der Waals surface area (Å²) in [5, 5.41) is 11.7. The molecule has 0 saturated carbocycles. The Morgan fingerprint density at radius 2 is 2.11 bits per heavy atom. The van der Waals surface area contributed by atoms with E-state index >= 15 is 0 Å². The van der Waals surface area contributed by atoms with Gasteiger partial charge in [-0.3, -0.25) is 0 Å². The number of aromatic nitrogens is 2. The third-order valence-electron chi connectivity index (χ3n) is 2.78. The largest absolute Gasteiger partial charge is 0.366 e. The second-order valence-corrected chi connectivity index (χ2v) is 5.35. The van der Waals surface area contributed by atoms with Crippen LogP contribution < -0.4 is 11.1 Å². The van der Waals surface area contributed by atoms with Crippen LogP contribution in [0.3, 0.4) is 0 Å². The molecule has 0 radical (unpaired) electrons. The van der Waals surface area contributed by atoms with Crippen molar-refractivity contribution in [3.8, 4) is 11.3 Å². The number of benzene rings is 1. The Balaban J connectivity index is 2.10. The first-order chi connectivity index (χ1) is 9.19. The van der Waals surface area contributed by atoms with Gasteiger partial charge in [-0.05, 0) is 44.2 Å². The third-order valence-corrected chi connectivity index (χ3v) is 3.27. The zero-order valence-corrected chi connectivity index (χ0v) is 12.4. The molecule has 0 bridgehead atoms. The summed E-state index contributed by atoms with van der Waals surface area (Å²) in [6.07, 6.45) is 0.912. The Hall–Kier alpha value is -1.46. The van der Waals surface area contributed by atoms with Crippen molar-refractivity contribution in [2.24, 2.45) is 5.73 Å². The van der Waals surface area contributed by atoms with Crippen LogP contribution in [0.2, 0.25) is 0 Å². The van der Waals surface area contributed by atoms with Gasteiger partial charge in [0.05, 0.1) is 5.69 Å². The second-order valence-electron chi connectivity index (χ2n) is 4.44. The SMILES string of the molecule is CC(CCN)Nc1ccc(-c2cccc(Br)c2)nn1. The summed E-state index contributed by atoms with van der Waals surface area (Å²) in [6, 6.07) is 12.2. The molecule has 3 N–H and O–H groups in total. The molecule has 19 heavy (non-hydrogen) atoms. The molecule has 0 amide bonds. The number of nitrogens with one attached hydrogen (secondary N) is 1. The average molecular weight is 321 g/mol. The van der Waals surface area contributed by atoms with E-state index in [1.807, 2.05) is 36.4 Å². The highest BCUT2D eigenvalue weighted by Gasteiger charge is 2.04. The van der Waals surface area contributed by atoms with Crippen molar-refractivity contribution in [3.05, 3.63) is 40.9 Å². The minimum absolute atomic E-state index is 0.302. The summed E-state index contributed by atoms with van der Waals surface area (Å²) in [7, 11) is 0. The molecule has 5 heteroatoms. The lowest BCUT2D eigenvalue weighted by molar-refractivity contribution is 0.711. The summed E-state index contributed by atoms with van der Waals surface area (Å²) >= 11 is 3.45. The second kappa shape index (κ2) is 6.63. The zero-order chi connectivity index (χ0) is 13.7. The maximum absolute atomic E-state index is 5.52. The molecule has 1 atom stereocenters. The maximum atomic E-state index is 5.52. The van der Waals surface area contributed by atoms with Gasteiger partial charge < -0.3 is 11.1 Å². The fourth-order valence-electron chi connectivity index (χ4n) is 1.79. The summed E-state index contributed by atoms with van der Waals surface area (Å²) in [4.78, 5) is 0. The molecule has 0 fully saturated rings. The molecule has 1 aromatic heterocycles. The number of halogens is 1. The summed E-state index contributed by atoms with van der Waals surface area (Å²) in [6.45, 7) is 2.74. The first-order valence-corrected chi connectivity index (χ1v) is 7.04. The number of rotatable bonds is 5. The van der Waals surface area contributed by atoms with Gasteiger partial charge in [-0.1, -0.05) is 28.1 Å². The molecule has 1 unspecified atom stereocenters. The van der Waals surface area contributed by atoms with Crippen LogP contribution in [0.1, 0.15) is 13.3 Å². The van der Waals surface area contributed by atoms with Crippen LogP contribution in [-0.4, -0.2) is 22.8 Å². The molecule has 1 heterocycles. The Morgan fingerprint density at radius 1 is 1.26 bits per heavy atom. The van der Waals surface area contributed by atoms with Gasteiger partial charge in [0.1, 0.15) is 5.82 Å². The zero-order valence-electron chi connectivity index (χ0n) is 10.8. The van der Waals surface area contributed by atoms with Crippen molar-refractivity contribution in [1.29, 1.82) is 0 Å². The normalized spacial score (nSPS) is 12.2. The van der Waals surface area contributed by atoms with Crippen LogP contribution in [0.25, 0.3) is 11.3 Å². The van der Waals surface area contributed by atoms with E-state index in [0.29, 0.717) is 12.6 Å². The molecule has 0 aliphatic carbocycles. The van der Waals surface area contributed by atoms with Crippen molar-refractivity contribution in [2.45, 2.75) is 19.4 Å². The van der Waals surface area contributed by atoms with Crippen molar-refractivity contribution >= 4 is 21.7 Å². The van der Waals surface area contributed by atoms with Gasteiger partial charge >= 0.3 is 0 Å². The average Bonchev–Trinajstić information content (AvgIpc) is 2.40. The van der Waals surface area contributed by atoms with Gasteiger partial charge in [0.2, 0.25) is 0 Å². The molecular formula is C14H17BrN4. The highest BCUT2D eigenvalue weighted by atomic mass is 79.9. The van der Waals surface area contributed by atoms with Crippen LogP contribution in [-0.2, 0) is 0 Å². The standard InChI is InChI=1S/C14H17BrN4/c1-10(7-8-16)17-14-6-5-13(18-19-14)11-3-2-4-12(15)9-11/h2-6,9-10H,7-8,16H2,1H3,(H,17,19). The fourth-order valence-corrected chi connectivity index (χ4v) is 2.18. The predicted molar refractivity (Wildman–Crippen MR) is 81.9 cm³/mol. The van der Waals surface area contributed by atoms with Crippen molar-refractivity contribution in [3.63, 3.8) is 0 Å². The highest BCUT2D eigenvalue weighted by molar-refractivity contribution is 9.10. The quantitative estimate of drug-likeness (QED) is 0.888. The molecule has 0 aliphatic heterocycles. The first-order valence-electron chi connectivity index (χ1n) is 6.25. The molecule has 0 aliphatic rings. The highest BCUT2D eigenvalue weighted by Crippen LogP contribution is 2.21. The van der Waals surface area contributed by atoms with Gasteiger partial charge in [-0.15, -0.1) is 10.2 Å². The van der Waals surface area contributed by atoms with E-state index in [1.165, 1.54) is 0 Å². The monoisotopic (exact) mass is 320 g/mol. The molecule has 1 aromatic carbocycles. The molecule has 100 valence electrons. The number of hydrogen-bond acceptors (Lipinski definition) is 4. The summed E-state index contributed by atoms with van der Waals surface area (Å²) in [5.41, 5.74) is 7.42. The van der Waals surface area contributed by atoms with E-state index in [9.17, 15) is 0 Å². The summed E-state index contributed by atoms with van der Waals surface area (Å²) < 4.78 is 1.03. The predicted octanol–water partition coefficient (Wildman–Crippen LogP) is 3.06. The number of hydrogen-bond donors (Lipinski definition) is 2. The van der Waals surface area contributed by atoms with Crippen LogP contribution >= 0.6 is 15.9 Å². The van der Waals surface area contributed by atoms with E-state index in [1.54, 1.807) is 0 Å². The molecule has 4 nitrogen and oxygen atoms in total. The van der Waals surface area contributed by atoms with Crippen molar-refractivity contribution in [1.82, 2.24) is 10.2 Å². The Labute approximate surface area is 121 Å². The van der Waals surface area contributed by atoms with Gasteiger partial charge in [0, 0.05) is 16.1 Å². The van der Waals surface area contributed by atoms with Crippen molar-refractivity contribution in [2.75, 3.05) is 11.9 Å². The van der Waals surface area contributed by atoms with E-state index in [4.69, 9.17) is 5.73 Å². The molecule has 0 saturated heterocycles. The Bertz CT molecular complexity index is 527. The fraction of sp³-hybridized carbons (Fsp3) is 0.286. The Morgan fingerprint density at radius 3 is 2.74 bits per heavy atom. The number of nitrogens with zero attached hydrogens (tertiary/aromatic N) is 2. The van der Waals surface area contributed by atoms with Gasteiger partial charge in [0.25, 0.3) is 0 Å². The van der Waals surface area contributed by atoms with E-state index in [0.717, 1.165) is 28.0 Å². The van der Waals surface area contributed by atoms with Crippen LogP contribution in [0.15, 0.2) is 40.9 Å². The lowest BCUT2D eigenvalue weighted by atomic mass is 10.1. The molecule has 2 aromatic rings. The summed E-state index contributed by atoms with van der Waals surface area (Å²) in [5.74, 6) is 0.777. The molecule has 0 spiro atoms. The minimum Gasteiger partial charge on any atom is -0.366 e. The third kappa shape index (κ3) is 4.01. The van der Waals surface area contributed by atoms with E-state index < -0.39 is 0 Å². The van der Waals surface area contributed by atoms with Gasteiger partial charge in [0.15, 0.2) is 0 Å². The maximum Gasteiger partial charge on any atom is 0.148 e. The Kier molecular flexibility index (Phi) is 4.87. The minimum atomic E-state index is 0.302. The molecule has 2 rings (SSSR count). The van der Waals surface area contributed by atoms with E-state index in [2.05, 4.69) is 38.4 Å². The number of anilines is 1. The topological polar surface area (TPSA) is 63.8 Å². The first kappa shape index (κ1) is 14.0. The lowest BCUT2D eigenvalue weighted by Crippen LogP contribution is -2.20.